The minimum Gasteiger partial charge on any atom is -0.453 e. The van der Waals surface area contributed by atoms with Crippen molar-refractivity contribution in [1.29, 1.82) is 0 Å². The van der Waals surface area contributed by atoms with Gasteiger partial charge in [0.15, 0.2) is 46.1 Å². The summed E-state index contributed by atoms with van der Waals surface area (Å²) in [6.07, 6.45) is 0. The van der Waals surface area contributed by atoms with Crippen molar-refractivity contribution in [3.63, 3.8) is 0 Å². The van der Waals surface area contributed by atoms with Crippen LogP contribution in [0.2, 0.25) is 0 Å². The van der Waals surface area contributed by atoms with E-state index in [9.17, 15) is 0 Å². The minimum atomic E-state index is 0.585. The Labute approximate surface area is 684 Å². The number of thiophene rings is 1. The number of hydrogen-bond donors (Lipinski definition) is 0. The lowest BCUT2D eigenvalue weighted by Crippen LogP contribution is -2.03. The lowest BCUT2D eigenvalue weighted by Gasteiger charge is -2.15. The highest BCUT2D eigenvalue weighted by Gasteiger charge is 2.27. The highest BCUT2D eigenvalue weighted by atomic mass is 32.1. The summed E-state index contributed by atoms with van der Waals surface area (Å²) in [4.78, 5) is 31.4. The molecule has 0 spiro atoms. The Hall–Kier alpha value is -15.8. The molecule has 0 saturated heterocycles. The van der Waals surface area contributed by atoms with Crippen molar-refractivity contribution in [1.82, 2.24) is 39.0 Å². The van der Waals surface area contributed by atoms with E-state index < -0.39 is 0 Å². The van der Waals surface area contributed by atoms with E-state index in [-0.39, 0.29) is 0 Å². The molecule has 25 rings (SSSR count). The topological polar surface area (TPSA) is 113 Å². The van der Waals surface area contributed by atoms with Crippen LogP contribution >= 0.6 is 11.3 Å². The van der Waals surface area contributed by atoms with Gasteiger partial charge in [-0.25, -0.2) is 29.9 Å². The molecular formula is C108H64N8O2S. The molecule has 25 aromatic rings. The van der Waals surface area contributed by atoms with Crippen LogP contribution in [0.15, 0.2) is 397 Å². The molecule has 0 saturated carbocycles. The zero-order valence-corrected chi connectivity index (χ0v) is 64.6. The summed E-state index contributed by atoms with van der Waals surface area (Å²) in [7, 11) is 0. The summed E-state index contributed by atoms with van der Waals surface area (Å²) < 4.78 is 21.3. The van der Waals surface area contributed by atoms with E-state index in [1.165, 1.54) is 47.1 Å². The second-order valence-electron chi connectivity index (χ2n) is 30.2. The fraction of sp³-hybridized carbons (Fsp3) is 0. The Bertz CT molecular complexity index is 8400. The van der Waals surface area contributed by atoms with Gasteiger partial charge in [0.05, 0.1) is 33.4 Å². The van der Waals surface area contributed by atoms with E-state index in [0.29, 0.717) is 34.9 Å². The van der Waals surface area contributed by atoms with Crippen molar-refractivity contribution < 1.29 is 8.83 Å². The van der Waals surface area contributed by atoms with Crippen LogP contribution in [0.5, 0.6) is 0 Å². The third-order valence-corrected chi connectivity index (χ3v) is 24.6. The summed E-state index contributed by atoms with van der Waals surface area (Å²) in [6, 6.07) is 136. The molecule has 0 aliphatic rings. The van der Waals surface area contributed by atoms with Gasteiger partial charge >= 0.3 is 0 Å². The molecule has 0 atom stereocenters. The summed E-state index contributed by atoms with van der Waals surface area (Å²) >= 11 is 1.79. The van der Waals surface area contributed by atoms with Crippen LogP contribution in [0.4, 0.5) is 0 Å². The van der Waals surface area contributed by atoms with E-state index in [0.717, 1.165) is 160 Å². The van der Waals surface area contributed by atoms with Crippen molar-refractivity contribution in [3.05, 3.63) is 388 Å². The van der Waals surface area contributed by atoms with Crippen LogP contribution in [-0.2, 0) is 0 Å². The molecule has 554 valence electrons. The number of rotatable bonds is 10. The molecule has 0 radical (unpaired) electrons. The predicted octanol–water partition coefficient (Wildman–Crippen LogP) is 28.9. The van der Waals surface area contributed by atoms with Gasteiger partial charge in [0.25, 0.3) is 0 Å². The summed E-state index contributed by atoms with van der Waals surface area (Å²) in [5.41, 5.74) is 19.3. The van der Waals surface area contributed by atoms with Gasteiger partial charge in [-0.05, 0) is 110 Å². The third-order valence-electron chi connectivity index (χ3n) is 23.5. The van der Waals surface area contributed by atoms with Gasteiger partial charge in [0.1, 0.15) is 11.2 Å². The molecule has 10 nitrogen and oxygen atoms in total. The predicted molar refractivity (Wildman–Crippen MR) is 492 cm³/mol. The Kier molecular flexibility index (Phi) is 15.6. The molecule has 0 aliphatic heterocycles. The van der Waals surface area contributed by atoms with Gasteiger partial charge < -0.3 is 18.0 Å². The van der Waals surface area contributed by atoms with Gasteiger partial charge in [0, 0.05) is 108 Å². The van der Waals surface area contributed by atoms with Crippen molar-refractivity contribution >= 4 is 151 Å². The molecular weight excluding hydrogens is 1470 g/mol. The molecule has 7 heterocycles. The fourth-order valence-electron chi connectivity index (χ4n) is 18.1. The average molecular weight is 1540 g/mol. The highest BCUT2D eigenvalue weighted by molar-refractivity contribution is 7.25. The molecule has 0 fully saturated rings. The smallest absolute Gasteiger partial charge is 0.166 e. The van der Waals surface area contributed by atoms with Gasteiger partial charge in [-0.15, -0.1) is 11.3 Å². The second kappa shape index (κ2) is 27.5. The molecule has 0 amide bonds. The maximum absolute atomic E-state index is 7.07. The lowest BCUT2D eigenvalue weighted by molar-refractivity contribution is 0.672. The number of furan rings is 2. The fourth-order valence-corrected chi connectivity index (χ4v) is 19.3. The summed E-state index contributed by atoms with van der Waals surface area (Å²) in [5.74, 6) is 3.65. The molecule has 11 heteroatoms. The number of nitrogens with zero attached hydrogens (tertiary/aromatic N) is 8. The van der Waals surface area contributed by atoms with Crippen molar-refractivity contribution in [2.45, 2.75) is 0 Å². The van der Waals surface area contributed by atoms with E-state index in [4.69, 9.17) is 38.7 Å². The van der Waals surface area contributed by atoms with Crippen LogP contribution in [0.1, 0.15) is 0 Å². The summed E-state index contributed by atoms with van der Waals surface area (Å²) in [5, 5.41) is 18.6. The molecule has 0 unspecified atom stereocenters. The Morgan fingerprint density at radius 1 is 0.185 bits per heavy atom. The van der Waals surface area contributed by atoms with E-state index in [1.54, 1.807) is 11.3 Å². The van der Waals surface area contributed by atoms with Crippen LogP contribution in [0, 0.1) is 0 Å². The zero-order chi connectivity index (χ0) is 78.2. The van der Waals surface area contributed by atoms with E-state index in [1.807, 2.05) is 48.5 Å². The number of para-hydroxylation sites is 6. The highest BCUT2D eigenvalue weighted by Crippen LogP contribution is 2.48. The summed E-state index contributed by atoms with van der Waals surface area (Å²) in [6.45, 7) is 0. The molecule has 7 aromatic heterocycles. The second-order valence-corrected chi connectivity index (χ2v) is 31.3. The van der Waals surface area contributed by atoms with Gasteiger partial charge in [-0.1, -0.05) is 322 Å². The van der Waals surface area contributed by atoms with Crippen LogP contribution in [0.3, 0.4) is 0 Å². The first-order chi connectivity index (χ1) is 59.0. The van der Waals surface area contributed by atoms with Crippen LogP contribution < -0.4 is 0 Å². The minimum absolute atomic E-state index is 0.585. The molecule has 0 aliphatic carbocycles. The molecule has 0 bridgehead atoms. The van der Waals surface area contributed by atoms with Gasteiger partial charge in [-0.2, -0.15) is 0 Å². The van der Waals surface area contributed by atoms with Crippen molar-refractivity contribution in [3.8, 4) is 102 Å². The number of aromatic nitrogens is 8. The number of hydrogen-bond acceptors (Lipinski definition) is 9. The molecule has 119 heavy (non-hydrogen) atoms. The number of fused-ring (bicyclic) bond motifs is 23. The first-order valence-corrected chi connectivity index (χ1v) is 40.8. The normalized spacial score (nSPS) is 11.9. The largest absolute Gasteiger partial charge is 0.453 e. The third kappa shape index (κ3) is 11.0. The maximum atomic E-state index is 7.07. The first kappa shape index (κ1) is 67.7. The van der Waals surface area contributed by atoms with Crippen molar-refractivity contribution in [2.24, 2.45) is 0 Å². The van der Waals surface area contributed by atoms with Gasteiger partial charge in [0.2, 0.25) is 0 Å². The monoisotopic (exact) mass is 1540 g/mol. The zero-order valence-electron chi connectivity index (χ0n) is 63.8. The Morgan fingerprint density at radius 2 is 0.496 bits per heavy atom. The average Bonchev–Trinajstić information content (AvgIpc) is 1.57. The standard InChI is InChI=1S/C57H34N4O.C51H30N4OS/c1-3-16-35(17-4-1)38-26-15-27-46-47-33-32-45-44-24-11-13-28-50(44)61(52(45)54(47)62-53(38)46)51-29-14-12-25-48(51)57-59-55(36-18-5-2-6-19-36)58-56(60-57)37-30-31-43-41-22-8-7-20-39(41)40-21-9-10-23-42(40)49(43)34-37;1-3-14-31(15-4-1)34-21-13-22-39-40-29-28-38-35-18-7-10-23-42(35)55(46(38)48(40)56-47(34)39)43-24-11-8-20-41(43)51-53-49(32-16-5-2-6-17-32)52-50(54-51)33-26-27-37-36-19-9-12-25-44(36)57-45(37)30-33/h1-34H;1-30H. The van der Waals surface area contributed by atoms with Gasteiger partial charge in [-0.3, -0.25) is 0 Å². The maximum Gasteiger partial charge on any atom is 0.166 e. The number of benzene rings is 18. The molecule has 0 N–H and O–H groups in total. The SMILES string of the molecule is c1ccc(-c2nc(-c3ccc4c(c3)sc3ccccc34)nc(-c3ccccc3-n3c4ccccc4c4ccc5c6cccc(-c7ccccc7)c6oc5c43)n2)cc1.c1ccc(-c2nc(-c3ccc4c5ccccc5c5ccccc5c4c3)nc(-c3ccccc3-n3c4ccccc4c4ccc5c6cccc(-c7ccccc7)c6oc5c43)n2)cc1. The lowest BCUT2D eigenvalue weighted by atomic mass is 9.93. The first-order valence-electron chi connectivity index (χ1n) is 40.0. The van der Waals surface area contributed by atoms with Crippen LogP contribution in [-0.4, -0.2) is 39.0 Å². The Balaban J connectivity index is 0.000000136. The molecule has 18 aromatic carbocycles. The van der Waals surface area contributed by atoms with Crippen LogP contribution in [0.25, 0.3) is 242 Å². The Morgan fingerprint density at radius 3 is 0.975 bits per heavy atom. The van der Waals surface area contributed by atoms with Crippen molar-refractivity contribution in [2.75, 3.05) is 0 Å². The van der Waals surface area contributed by atoms with E-state index in [2.05, 4.69) is 349 Å². The quantitative estimate of drug-likeness (QED) is 0.124. The van der Waals surface area contributed by atoms with E-state index >= 15 is 0 Å².